The van der Waals surface area contributed by atoms with Gasteiger partial charge >= 0.3 is 0 Å². The van der Waals surface area contributed by atoms with Gasteiger partial charge in [0.1, 0.15) is 0 Å². The number of benzene rings is 2. The minimum atomic E-state index is 0.0999. The molecular formula is C24H25ClN4O2. The number of amides is 1. The normalized spacial score (nSPS) is 17.5. The van der Waals surface area contributed by atoms with E-state index in [-0.39, 0.29) is 5.92 Å². The first-order chi connectivity index (χ1) is 15.2. The van der Waals surface area contributed by atoms with E-state index in [2.05, 4.69) is 39.3 Å². The van der Waals surface area contributed by atoms with Gasteiger partial charge < -0.3 is 9.42 Å². The number of rotatable bonds is 4. The van der Waals surface area contributed by atoms with Crippen molar-refractivity contribution in [2.24, 2.45) is 5.92 Å². The summed E-state index contributed by atoms with van der Waals surface area (Å²) in [7, 11) is 0. The van der Waals surface area contributed by atoms with Gasteiger partial charge in [0.25, 0.3) is 0 Å². The maximum Gasteiger partial charge on any atom is 0.241 e. The molecule has 3 heterocycles. The number of halogens is 1. The molecule has 2 aromatic carbocycles. The molecule has 5 rings (SSSR count). The van der Waals surface area contributed by atoms with Crippen molar-refractivity contribution in [1.29, 1.82) is 0 Å². The Morgan fingerprint density at radius 1 is 1.03 bits per heavy atom. The molecule has 0 N–H and O–H groups in total. The summed E-state index contributed by atoms with van der Waals surface area (Å²) in [4.78, 5) is 21.9. The first-order valence-corrected chi connectivity index (χ1v) is 11.2. The third-order valence-electron chi connectivity index (χ3n) is 6.32. The van der Waals surface area contributed by atoms with Crippen molar-refractivity contribution < 1.29 is 9.32 Å². The van der Waals surface area contributed by atoms with Crippen LogP contribution in [0.1, 0.15) is 29.9 Å². The number of carbonyl (C=O) groups is 1. The molecule has 1 saturated heterocycles. The topological polar surface area (TPSA) is 62.5 Å². The molecule has 0 aliphatic carbocycles. The van der Waals surface area contributed by atoms with Crippen molar-refractivity contribution in [2.75, 3.05) is 19.6 Å². The average Bonchev–Trinajstić information content (AvgIpc) is 3.27. The van der Waals surface area contributed by atoms with Crippen LogP contribution in [0.4, 0.5) is 0 Å². The van der Waals surface area contributed by atoms with Crippen LogP contribution < -0.4 is 0 Å². The van der Waals surface area contributed by atoms with Crippen LogP contribution in [0.5, 0.6) is 0 Å². The Morgan fingerprint density at radius 2 is 1.77 bits per heavy atom. The van der Waals surface area contributed by atoms with E-state index in [1.807, 2.05) is 29.2 Å². The summed E-state index contributed by atoms with van der Waals surface area (Å²) < 4.78 is 5.44. The zero-order chi connectivity index (χ0) is 21.2. The van der Waals surface area contributed by atoms with Crippen LogP contribution in [0.2, 0.25) is 5.02 Å². The number of nitrogens with zero attached hydrogens (tertiary/aromatic N) is 4. The van der Waals surface area contributed by atoms with Crippen molar-refractivity contribution >= 4 is 17.5 Å². The summed E-state index contributed by atoms with van der Waals surface area (Å²) in [6.45, 7) is 3.86. The molecule has 0 saturated carbocycles. The maximum absolute atomic E-state index is 13.1. The van der Waals surface area contributed by atoms with Crippen LogP contribution in [-0.4, -0.2) is 45.5 Å². The molecule has 0 bridgehead atoms. The Kier molecular flexibility index (Phi) is 5.74. The Morgan fingerprint density at radius 3 is 2.58 bits per heavy atom. The molecule has 2 aliphatic rings. The molecule has 2 aliphatic heterocycles. The lowest BCUT2D eigenvalue weighted by Crippen LogP contribution is -2.44. The Bertz CT molecular complexity index is 1070. The third kappa shape index (κ3) is 4.36. The smallest absolute Gasteiger partial charge is 0.241 e. The Labute approximate surface area is 186 Å². The predicted octanol–water partition coefficient (Wildman–Crippen LogP) is 4.19. The Balaban J connectivity index is 1.15. The van der Waals surface area contributed by atoms with Crippen LogP contribution >= 0.6 is 11.6 Å². The molecule has 7 heteroatoms. The zero-order valence-electron chi connectivity index (χ0n) is 17.3. The van der Waals surface area contributed by atoms with Crippen LogP contribution in [-0.2, 0) is 24.3 Å². The van der Waals surface area contributed by atoms with E-state index in [9.17, 15) is 4.79 Å². The van der Waals surface area contributed by atoms with E-state index in [1.165, 1.54) is 11.1 Å². The fourth-order valence-corrected chi connectivity index (χ4v) is 4.76. The fourth-order valence-electron chi connectivity index (χ4n) is 4.54. The molecule has 0 spiro atoms. The minimum absolute atomic E-state index is 0.0999. The number of aromatic nitrogens is 2. The first kappa shape index (κ1) is 20.2. The lowest BCUT2D eigenvalue weighted by atomic mass is 9.93. The highest BCUT2D eigenvalue weighted by Crippen LogP contribution is 2.27. The number of likely N-dealkylation sites (tertiary alicyclic amines) is 1. The van der Waals surface area contributed by atoms with E-state index in [1.54, 1.807) is 0 Å². The molecule has 1 aromatic heterocycles. The van der Waals surface area contributed by atoms with E-state index in [0.29, 0.717) is 29.2 Å². The number of hydrogen-bond donors (Lipinski definition) is 0. The van der Waals surface area contributed by atoms with Crippen molar-refractivity contribution in [3.05, 3.63) is 70.6 Å². The van der Waals surface area contributed by atoms with Crippen LogP contribution in [0, 0.1) is 5.92 Å². The van der Waals surface area contributed by atoms with Gasteiger partial charge in [-0.2, -0.15) is 4.98 Å². The molecule has 0 atom stereocenters. The monoisotopic (exact) mass is 436 g/mol. The SMILES string of the molecule is O=C(C1CCN(Cc2nc(-c3ccccc3Cl)no2)CC1)N1CCc2ccccc2C1. The summed E-state index contributed by atoms with van der Waals surface area (Å²) in [5.74, 6) is 1.49. The second kappa shape index (κ2) is 8.81. The van der Waals surface area contributed by atoms with Crippen molar-refractivity contribution in [2.45, 2.75) is 32.4 Å². The van der Waals surface area contributed by atoms with Gasteiger partial charge in [-0.25, -0.2) is 0 Å². The highest BCUT2D eigenvalue weighted by atomic mass is 35.5. The van der Waals surface area contributed by atoms with Gasteiger partial charge in [0.15, 0.2) is 0 Å². The largest absolute Gasteiger partial charge is 0.338 e. The van der Waals surface area contributed by atoms with Crippen LogP contribution in [0.25, 0.3) is 11.4 Å². The average molecular weight is 437 g/mol. The molecule has 0 radical (unpaired) electrons. The van der Waals surface area contributed by atoms with Crippen molar-refractivity contribution in [1.82, 2.24) is 19.9 Å². The molecule has 6 nitrogen and oxygen atoms in total. The number of hydrogen-bond acceptors (Lipinski definition) is 5. The van der Waals surface area contributed by atoms with Gasteiger partial charge in [-0.3, -0.25) is 9.69 Å². The molecule has 0 unspecified atom stereocenters. The second-order valence-corrected chi connectivity index (χ2v) is 8.73. The maximum atomic E-state index is 13.1. The van der Waals surface area contributed by atoms with Gasteiger partial charge in [0.05, 0.1) is 11.6 Å². The van der Waals surface area contributed by atoms with Gasteiger partial charge in [0, 0.05) is 24.6 Å². The summed E-state index contributed by atoms with van der Waals surface area (Å²) in [6, 6.07) is 15.9. The summed E-state index contributed by atoms with van der Waals surface area (Å²) in [5.41, 5.74) is 3.42. The standard InChI is InChI=1S/C24H25ClN4O2/c25-21-8-4-3-7-20(21)23-26-22(31-27-23)16-28-12-9-18(10-13-28)24(30)29-14-11-17-5-1-2-6-19(17)15-29/h1-8,18H,9-16H2. The number of fused-ring (bicyclic) bond motifs is 1. The highest BCUT2D eigenvalue weighted by Gasteiger charge is 2.30. The van der Waals surface area contributed by atoms with Crippen LogP contribution in [0.15, 0.2) is 53.1 Å². The fraction of sp³-hybridized carbons (Fsp3) is 0.375. The molecule has 1 amide bonds. The molecule has 3 aromatic rings. The van der Waals surface area contributed by atoms with Gasteiger partial charge in [0.2, 0.25) is 17.6 Å². The number of piperidine rings is 1. The minimum Gasteiger partial charge on any atom is -0.338 e. The van der Waals surface area contributed by atoms with Gasteiger partial charge in [-0.1, -0.05) is 53.2 Å². The lowest BCUT2D eigenvalue weighted by Gasteiger charge is -2.35. The first-order valence-electron chi connectivity index (χ1n) is 10.8. The highest BCUT2D eigenvalue weighted by molar-refractivity contribution is 6.33. The van der Waals surface area contributed by atoms with E-state index in [0.717, 1.165) is 51.0 Å². The van der Waals surface area contributed by atoms with E-state index in [4.69, 9.17) is 16.1 Å². The molecule has 160 valence electrons. The van der Waals surface area contributed by atoms with Crippen molar-refractivity contribution in [3.8, 4) is 11.4 Å². The van der Waals surface area contributed by atoms with Gasteiger partial charge in [-0.05, 0) is 55.6 Å². The van der Waals surface area contributed by atoms with Crippen molar-refractivity contribution in [3.63, 3.8) is 0 Å². The van der Waals surface area contributed by atoms with Gasteiger partial charge in [-0.15, -0.1) is 0 Å². The van der Waals surface area contributed by atoms with E-state index < -0.39 is 0 Å². The number of carbonyl (C=O) groups excluding carboxylic acids is 1. The summed E-state index contributed by atoms with van der Waals surface area (Å²) >= 11 is 6.23. The Hall–Kier alpha value is -2.70. The zero-order valence-corrected chi connectivity index (χ0v) is 18.1. The molecule has 1 fully saturated rings. The molecule has 31 heavy (non-hydrogen) atoms. The summed E-state index contributed by atoms with van der Waals surface area (Å²) in [6.07, 6.45) is 2.68. The lowest BCUT2D eigenvalue weighted by molar-refractivity contribution is -0.138. The third-order valence-corrected chi connectivity index (χ3v) is 6.65. The quantitative estimate of drug-likeness (QED) is 0.613. The molecular weight excluding hydrogens is 412 g/mol. The van der Waals surface area contributed by atoms with E-state index >= 15 is 0 Å². The predicted molar refractivity (Wildman–Crippen MR) is 118 cm³/mol. The summed E-state index contributed by atoms with van der Waals surface area (Å²) in [5, 5.41) is 4.68. The van der Waals surface area contributed by atoms with Crippen LogP contribution in [0.3, 0.4) is 0 Å². The second-order valence-electron chi connectivity index (χ2n) is 8.32.